The summed E-state index contributed by atoms with van der Waals surface area (Å²) in [6, 6.07) is 3.08. The van der Waals surface area contributed by atoms with E-state index in [0.29, 0.717) is 0 Å². The summed E-state index contributed by atoms with van der Waals surface area (Å²) in [5, 5.41) is -0.0203. The van der Waals surface area contributed by atoms with Crippen LogP contribution >= 0.6 is 24.0 Å². The van der Waals surface area contributed by atoms with E-state index in [0.717, 1.165) is 12.1 Å². The standard InChI is InChI=1S/C7H5ClF3NO.ClH/c8-4-1-2-6(13-12)5(3-4)7(9,10)11;/h1-3H,12H2;1H. The molecule has 0 saturated carbocycles. The minimum atomic E-state index is -4.51. The van der Waals surface area contributed by atoms with Crippen LogP contribution in [0.15, 0.2) is 18.2 Å². The van der Waals surface area contributed by atoms with E-state index in [-0.39, 0.29) is 17.4 Å². The molecule has 1 aromatic carbocycles. The van der Waals surface area contributed by atoms with Crippen LogP contribution in [0.25, 0.3) is 0 Å². The molecule has 0 atom stereocenters. The van der Waals surface area contributed by atoms with Gasteiger partial charge in [0.15, 0.2) is 5.75 Å². The minimum absolute atomic E-state index is 0. The zero-order valence-electron chi connectivity index (χ0n) is 6.64. The number of rotatable bonds is 1. The summed E-state index contributed by atoms with van der Waals surface area (Å²) < 4.78 is 36.7. The molecule has 0 aliphatic carbocycles. The van der Waals surface area contributed by atoms with Crippen LogP contribution in [0.1, 0.15) is 5.56 Å². The van der Waals surface area contributed by atoms with Gasteiger partial charge in [-0.1, -0.05) is 11.6 Å². The quantitative estimate of drug-likeness (QED) is 0.775. The van der Waals surface area contributed by atoms with Gasteiger partial charge in [-0.05, 0) is 18.2 Å². The van der Waals surface area contributed by atoms with Gasteiger partial charge in [0.1, 0.15) is 5.56 Å². The first-order valence-corrected chi connectivity index (χ1v) is 3.56. The Morgan fingerprint density at radius 3 is 2.29 bits per heavy atom. The molecule has 0 aliphatic heterocycles. The van der Waals surface area contributed by atoms with Crippen molar-refractivity contribution in [2.45, 2.75) is 6.18 Å². The smallest absolute Gasteiger partial charge is 0.411 e. The maximum Gasteiger partial charge on any atom is 0.420 e. The largest absolute Gasteiger partial charge is 0.420 e. The summed E-state index contributed by atoms with van der Waals surface area (Å²) in [5.41, 5.74) is -0.984. The molecule has 0 unspecified atom stereocenters. The van der Waals surface area contributed by atoms with Crippen LogP contribution in [0.3, 0.4) is 0 Å². The number of halogens is 5. The van der Waals surface area contributed by atoms with E-state index in [1.807, 2.05) is 0 Å². The Morgan fingerprint density at radius 1 is 1.29 bits per heavy atom. The summed E-state index contributed by atoms with van der Waals surface area (Å²) in [5.74, 6) is 4.21. The normalized spacial score (nSPS) is 10.6. The van der Waals surface area contributed by atoms with Crippen molar-refractivity contribution < 1.29 is 18.0 Å². The molecule has 1 rings (SSSR count). The average Bonchev–Trinajstić information content (AvgIpc) is 2.03. The lowest BCUT2D eigenvalue weighted by atomic mass is 10.2. The molecule has 0 radical (unpaired) electrons. The van der Waals surface area contributed by atoms with Crippen LogP contribution in [0, 0.1) is 0 Å². The van der Waals surface area contributed by atoms with Gasteiger partial charge in [0.2, 0.25) is 0 Å². The summed E-state index contributed by atoms with van der Waals surface area (Å²) in [6.45, 7) is 0. The summed E-state index contributed by atoms with van der Waals surface area (Å²) in [7, 11) is 0. The SMILES string of the molecule is Cl.NOc1ccc(Cl)cc1C(F)(F)F. The average molecular weight is 248 g/mol. The lowest BCUT2D eigenvalue weighted by Crippen LogP contribution is -2.11. The highest BCUT2D eigenvalue weighted by molar-refractivity contribution is 6.30. The second kappa shape index (κ2) is 4.72. The Hall–Kier alpha value is -0.650. The van der Waals surface area contributed by atoms with E-state index >= 15 is 0 Å². The van der Waals surface area contributed by atoms with Crippen molar-refractivity contribution in [3.8, 4) is 5.75 Å². The minimum Gasteiger partial charge on any atom is -0.411 e. The van der Waals surface area contributed by atoms with E-state index in [9.17, 15) is 13.2 Å². The Morgan fingerprint density at radius 2 is 1.86 bits per heavy atom. The van der Waals surface area contributed by atoms with Crippen molar-refractivity contribution in [2.75, 3.05) is 0 Å². The van der Waals surface area contributed by atoms with Crippen molar-refractivity contribution in [3.05, 3.63) is 28.8 Å². The van der Waals surface area contributed by atoms with Gasteiger partial charge in [-0.2, -0.15) is 19.1 Å². The first-order valence-electron chi connectivity index (χ1n) is 3.18. The Kier molecular flexibility index (Phi) is 4.51. The lowest BCUT2D eigenvalue weighted by molar-refractivity contribution is -0.139. The Balaban J connectivity index is 0.00000169. The van der Waals surface area contributed by atoms with Crippen molar-refractivity contribution in [3.63, 3.8) is 0 Å². The molecule has 2 nitrogen and oxygen atoms in total. The summed E-state index contributed by atoms with van der Waals surface area (Å²) >= 11 is 5.38. The molecule has 0 amide bonds. The number of alkyl halides is 3. The molecule has 7 heteroatoms. The number of benzene rings is 1. The maximum atomic E-state index is 12.2. The van der Waals surface area contributed by atoms with Gasteiger partial charge in [-0.25, -0.2) is 0 Å². The molecule has 2 N–H and O–H groups in total. The molecule has 80 valence electrons. The van der Waals surface area contributed by atoms with E-state index in [4.69, 9.17) is 11.6 Å². The summed E-state index contributed by atoms with van der Waals surface area (Å²) in [6.07, 6.45) is -4.51. The molecular weight excluding hydrogens is 242 g/mol. The van der Waals surface area contributed by atoms with Gasteiger partial charge in [0, 0.05) is 5.02 Å². The van der Waals surface area contributed by atoms with E-state index in [1.165, 1.54) is 6.07 Å². The van der Waals surface area contributed by atoms with Gasteiger partial charge in [0.05, 0.1) is 0 Å². The Bertz CT molecular complexity index is 316. The predicted octanol–water partition coefficient (Wildman–Crippen LogP) is 3.03. The fourth-order valence-corrected chi connectivity index (χ4v) is 0.999. The van der Waals surface area contributed by atoms with Gasteiger partial charge < -0.3 is 4.84 Å². The van der Waals surface area contributed by atoms with Gasteiger partial charge in [-0.15, -0.1) is 12.4 Å². The molecule has 0 aliphatic rings. The molecule has 0 saturated heterocycles. The van der Waals surface area contributed by atoms with Gasteiger partial charge in [-0.3, -0.25) is 0 Å². The highest BCUT2D eigenvalue weighted by atomic mass is 35.5. The topological polar surface area (TPSA) is 35.2 Å². The maximum absolute atomic E-state index is 12.2. The highest BCUT2D eigenvalue weighted by Gasteiger charge is 2.34. The van der Waals surface area contributed by atoms with Crippen LogP contribution in [0.2, 0.25) is 5.02 Å². The fourth-order valence-electron chi connectivity index (χ4n) is 0.827. The molecule has 0 spiro atoms. The number of nitrogens with two attached hydrogens (primary N) is 1. The fraction of sp³-hybridized carbons (Fsp3) is 0.143. The molecule has 0 fully saturated rings. The molecule has 0 bridgehead atoms. The second-order valence-electron chi connectivity index (χ2n) is 2.26. The van der Waals surface area contributed by atoms with Crippen molar-refractivity contribution in [1.29, 1.82) is 0 Å². The second-order valence-corrected chi connectivity index (χ2v) is 2.69. The van der Waals surface area contributed by atoms with Gasteiger partial charge >= 0.3 is 6.18 Å². The third kappa shape index (κ3) is 2.94. The first kappa shape index (κ1) is 13.4. The molecular formula is C7H6Cl2F3NO. The van der Waals surface area contributed by atoms with E-state index < -0.39 is 17.5 Å². The number of hydrogen-bond acceptors (Lipinski definition) is 2. The first-order chi connectivity index (χ1) is 5.95. The van der Waals surface area contributed by atoms with Crippen LogP contribution < -0.4 is 10.7 Å². The zero-order chi connectivity index (χ0) is 10.1. The number of hydrogen-bond donors (Lipinski definition) is 1. The highest BCUT2D eigenvalue weighted by Crippen LogP contribution is 2.37. The third-order valence-corrected chi connectivity index (χ3v) is 1.61. The van der Waals surface area contributed by atoms with E-state index in [1.54, 1.807) is 0 Å². The molecule has 14 heavy (non-hydrogen) atoms. The van der Waals surface area contributed by atoms with Crippen LogP contribution in [-0.4, -0.2) is 0 Å². The lowest BCUT2D eigenvalue weighted by Gasteiger charge is -2.10. The van der Waals surface area contributed by atoms with Crippen molar-refractivity contribution >= 4 is 24.0 Å². The van der Waals surface area contributed by atoms with Gasteiger partial charge in [0.25, 0.3) is 0 Å². The van der Waals surface area contributed by atoms with Crippen molar-refractivity contribution in [2.24, 2.45) is 5.90 Å². The zero-order valence-corrected chi connectivity index (χ0v) is 8.21. The van der Waals surface area contributed by atoms with Crippen molar-refractivity contribution in [1.82, 2.24) is 0 Å². The van der Waals surface area contributed by atoms with Crippen LogP contribution in [-0.2, 0) is 6.18 Å². The monoisotopic (exact) mass is 247 g/mol. The molecule has 0 heterocycles. The van der Waals surface area contributed by atoms with Crippen LogP contribution in [0.4, 0.5) is 13.2 Å². The molecule has 0 aromatic heterocycles. The predicted molar refractivity (Wildman–Crippen MR) is 48.5 cm³/mol. The van der Waals surface area contributed by atoms with Crippen LogP contribution in [0.5, 0.6) is 5.75 Å². The summed E-state index contributed by atoms with van der Waals surface area (Å²) in [4.78, 5) is 4.05. The molecule has 1 aromatic rings. The van der Waals surface area contributed by atoms with E-state index in [2.05, 4.69) is 10.7 Å². The Labute approximate surface area is 89.2 Å². The third-order valence-electron chi connectivity index (χ3n) is 1.37.